The third-order valence-corrected chi connectivity index (χ3v) is 3.85. The average molecular weight is 258 g/mol. The number of aromatic hydroxyl groups is 1. The second-order valence-electron chi connectivity index (χ2n) is 6.44. The molecule has 0 unspecified atom stereocenters. The molecule has 1 aliphatic carbocycles. The minimum atomic E-state index is 0.0333. The third-order valence-electron chi connectivity index (χ3n) is 3.85. The molecule has 102 valence electrons. The van der Waals surface area contributed by atoms with Crippen LogP contribution >= 0.6 is 0 Å². The Morgan fingerprint density at radius 3 is 2.42 bits per heavy atom. The lowest BCUT2D eigenvalue weighted by molar-refractivity contribution is -0.123. The lowest BCUT2D eigenvalue weighted by Crippen LogP contribution is -2.32. The Morgan fingerprint density at radius 1 is 1.21 bits per heavy atom. The number of allylic oxidation sites excluding steroid dienone is 1. The van der Waals surface area contributed by atoms with Crippen LogP contribution in [0, 0.1) is 11.3 Å². The second kappa shape index (κ2) is 5.20. The van der Waals surface area contributed by atoms with Crippen LogP contribution < -0.4 is 0 Å². The standard InChI is InChI=1S/C17H22O2/c1-17(2,3)15-6-4-5-13(16(15)19)11-12-7-9-14(18)10-8-12/h7-11,15,18H,4-6H2,1-3H3/b13-11+/t15-/m0/s1. The molecule has 0 bridgehead atoms. The Balaban J connectivity index is 2.24. The number of ketones is 1. The van der Waals surface area contributed by atoms with Crippen LogP contribution in [0.25, 0.3) is 6.08 Å². The van der Waals surface area contributed by atoms with Gasteiger partial charge in [0.15, 0.2) is 5.78 Å². The average Bonchev–Trinajstić information content (AvgIpc) is 2.33. The van der Waals surface area contributed by atoms with E-state index >= 15 is 0 Å². The van der Waals surface area contributed by atoms with E-state index in [9.17, 15) is 9.90 Å². The van der Waals surface area contributed by atoms with Gasteiger partial charge in [-0.25, -0.2) is 0 Å². The zero-order valence-corrected chi connectivity index (χ0v) is 11.9. The van der Waals surface area contributed by atoms with E-state index in [2.05, 4.69) is 20.8 Å². The molecule has 2 heteroatoms. The molecule has 2 nitrogen and oxygen atoms in total. The minimum absolute atomic E-state index is 0.0333. The number of phenols is 1. The van der Waals surface area contributed by atoms with E-state index in [1.54, 1.807) is 12.1 Å². The van der Waals surface area contributed by atoms with Crippen molar-refractivity contribution in [1.82, 2.24) is 0 Å². The molecule has 1 atom stereocenters. The van der Waals surface area contributed by atoms with Gasteiger partial charge >= 0.3 is 0 Å². The summed E-state index contributed by atoms with van der Waals surface area (Å²) in [5.41, 5.74) is 1.94. The molecule has 0 amide bonds. The van der Waals surface area contributed by atoms with Gasteiger partial charge in [0.2, 0.25) is 0 Å². The van der Waals surface area contributed by atoms with Gasteiger partial charge in [-0.05, 0) is 54.0 Å². The first-order valence-electron chi connectivity index (χ1n) is 6.92. The zero-order chi connectivity index (χ0) is 14.0. The molecule has 1 aromatic carbocycles. The first-order chi connectivity index (χ1) is 8.88. The summed E-state index contributed by atoms with van der Waals surface area (Å²) in [6, 6.07) is 6.99. The van der Waals surface area contributed by atoms with Gasteiger partial charge in [0, 0.05) is 5.92 Å². The first-order valence-corrected chi connectivity index (χ1v) is 6.92. The molecular formula is C17H22O2. The van der Waals surface area contributed by atoms with Crippen molar-refractivity contribution in [2.45, 2.75) is 40.0 Å². The molecular weight excluding hydrogens is 236 g/mol. The van der Waals surface area contributed by atoms with Crippen LogP contribution in [0.4, 0.5) is 0 Å². The van der Waals surface area contributed by atoms with E-state index < -0.39 is 0 Å². The Morgan fingerprint density at radius 2 is 1.84 bits per heavy atom. The van der Waals surface area contributed by atoms with Crippen molar-refractivity contribution in [2.24, 2.45) is 11.3 Å². The van der Waals surface area contributed by atoms with Crippen molar-refractivity contribution >= 4 is 11.9 Å². The molecule has 0 saturated heterocycles. The summed E-state index contributed by atoms with van der Waals surface area (Å²) in [5, 5.41) is 9.28. The van der Waals surface area contributed by atoms with Crippen molar-refractivity contribution in [3.63, 3.8) is 0 Å². The van der Waals surface area contributed by atoms with E-state index in [4.69, 9.17) is 0 Å². The smallest absolute Gasteiger partial charge is 0.162 e. The predicted molar refractivity (Wildman–Crippen MR) is 77.9 cm³/mol. The number of hydrogen-bond donors (Lipinski definition) is 1. The molecule has 1 aromatic rings. The fourth-order valence-corrected chi connectivity index (χ4v) is 2.72. The highest BCUT2D eigenvalue weighted by Crippen LogP contribution is 2.38. The molecule has 0 aliphatic heterocycles. The molecule has 0 heterocycles. The first kappa shape index (κ1) is 13.9. The molecule has 19 heavy (non-hydrogen) atoms. The van der Waals surface area contributed by atoms with Gasteiger partial charge in [0.25, 0.3) is 0 Å². The fourth-order valence-electron chi connectivity index (χ4n) is 2.72. The van der Waals surface area contributed by atoms with E-state index in [0.717, 1.165) is 30.4 Å². The van der Waals surface area contributed by atoms with Crippen molar-refractivity contribution in [1.29, 1.82) is 0 Å². The monoisotopic (exact) mass is 258 g/mol. The Bertz CT molecular complexity index is 489. The lowest BCUT2D eigenvalue weighted by atomic mass is 9.70. The Labute approximate surface area is 115 Å². The fraction of sp³-hybridized carbons (Fsp3) is 0.471. The van der Waals surface area contributed by atoms with E-state index in [-0.39, 0.29) is 17.1 Å². The molecule has 1 N–H and O–H groups in total. The van der Waals surface area contributed by atoms with E-state index in [1.807, 2.05) is 18.2 Å². The normalized spacial score (nSPS) is 22.8. The van der Waals surface area contributed by atoms with E-state index in [1.165, 1.54) is 0 Å². The molecule has 2 rings (SSSR count). The van der Waals surface area contributed by atoms with Gasteiger partial charge in [-0.15, -0.1) is 0 Å². The largest absolute Gasteiger partial charge is 0.508 e. The number of Topliss-reactive ketones (excluding diaryl/α,β-unsaturated/α-hetero) is 1. The highest BCUT2D eigenvalue weighted by atomic mass is 16.3. The van der Waals surface area contributed by atoms with Gasteiger partial charge in [-0.3, -0.25) is 4.79 Å². The third kappa shape index (κ3) is 3.25. The van der Waals surface area contributed by atoms with Crippen LogP contribution in [0.15, 0.2) is 29.8 Å². The number of hydrogen-bond acceptors (Lipinski definition) is 2. The number of rotatable bonds is 1. The highest BCUT2D eigenvalue weighted by Gasteiger charge is 2.35. The molecule has 0 radical (unpaired) electrons. The number of phenolic OH excluding ortho intramolecular Hbond substituents is 1. The topological polar surface area (TPSA) is 37.3 Å². The van der Waals surface area contributed by atoms with Crippen molar-refractivity contribution in [2.75, 3.05) is 0 Å². The van der Waals surface area contributed by atoms with Gasteiger partial charge in [0.05, 0.1) is 0 Å². The lowest BCUT2D eigenvalue weighted by Gasteiger charge is -2.33. The van der Waals surface area contributed by atoms with Gasteiger partial charge in [-0.2, -0.15) is 0 Å². The van der Waals surface area contributed by atoms with Crippen LogP contribution in [-0.2, 0) is 4.79 Å². The number of carbonyl (C=O) groups excluding carboxylic acids is 1. The summed E-state index contributed by atoms with van der Waals surface area (Å²) < 4.78 is 0. The summed E-state index contributed by atoms with van der Waals surface area (Å²) in [4.78, 5) is 12.5. The second-order valence-corrected chi connectivity index (χ2v) is 6.44. The van der Waals surface area contributed by atoms with Crippen LogP contribution in [0.2, 0.25) is 0 Å². The Kier molecular flexibility index (Phi) is 3.79. The van der Waals surface area contributed by atoms with Crippen LogP contribution in [0.5, 0.6) is 5.75 Å². The van der Waals surface area contributed by atoms with Crippen molar-refractivity contribution < 1.29 is 9.90 Å². The van der Waals surface area contributed by atoms with Crippen LogP contribution in [0.1, 0.15) is 45.6 Å². The van der Waals surface area contributed by atoms with Gasteiger partial charge < -0.3 is 5.11 Å². The van der Waals surface area contributed by atoms with Crippen molar-refractivity contribution in [3.8, 4) is 5.75 Å². The van der Waals surface area contributed by atoms with Crippen LogP contribution in [-0.4, -0.2) is 10.9 Å². The van der Waals surface area contributed by atoms with Gasteiger partial charge in [0.1, 0.15) is 5.75 Å². The quantitative estimate of drug-likeness (QED) is 0.767. The molecule has 1 aliphatic rings. The number of carbonyl (C=O) groups is 1. The Hall–Kier alpha value is -1.57. The zero-order valence-electron chi connectivity index (χ0n) is 11.9. The summed E-state index contributed by atoms with van der Waals surface area (Å²) in [7, 11) is 0. The summed E-state index contributed by atoms with van der Waals surface area (Å²) in [6.07, 6.45) is 4.92. The van der Waals surface area contributed by atoms with Crippen LogP contribution in [0.3, 0.4) is 0 Å². The summed E-state index contributed by atoms with van der Waals surface area (Å²) in [5.74, 6) is 0.682. The molecule has 1 fully saturated rings. The van der Waals surface area contributed by atoms with Crippen molar-refractivity contribution in [3.05, 3.63) is 35.4 Å². The predicted octanol–water partition coefficient (Wildman–Crippen LogP) is 4.19. The van der Waals surface area contributed by atoms with E-state index in [0.29, 0.717) is 5.78 Å². The minimum Gasteiger partial charge on any atom is -0.508 e. The summed E-state index contributed by atoms with van der Waals surface area (Å²) in [6.45, 7) is 6.41. The molecule has 1 saturated carbocycles. The summed E-state index contributed by atoms with van der Waals surface area (Å²) >= 11 is 0. The molecule has 0 spiro atoms. The maximum Gasteiger partial charge on any atom is 0.162 e. The number of benzene rings is 1. The highest BCUT2D eigenvalue weighted by molar-refractivity contribution is 6.02. The maximum atomic E-state index is 12.5. The SMILES string of the molecule is CC(C)(C)[C@H]1CCC/C(=C\c2ccc(O)cc2)C1=O. The maximum absolute atomic E-state index is 12.5. The molecule has 0 aromatic heterocycles. The van der Waals surface area contributed by atoms with Gasteiger partial charge in [-0.1, -0.05) is 32.9 Å².